The largest absolute Gasteiger partial charge is 0.396 e. The van der Waals surface area contributed by atoms with E-state index in [2.05, 4.69) is 10.6 Å². The summed E-state index contributed by atoms with van der Waals surface area (Å²) in [5.74, 6) is -0.329. The van der Waals surface area contributed by atoms with Crippen LogP contribution in [0.1, 0.15) is 40.3 Å². The van der Waals surface area contributed by atoms with Crippen molar-refractivity contribution < 1.29 is 14.7 Å². The number of aliphatic hydroxyl groups is 1. The number of hydrogen-bond donors (Lipinski definition) is 3. The number of anilines is 1. The molecule has 3 N–H and O–H groups in total. The number of rotatable bonds is 7. The molecule has 0 aliphatic rings. The molecule has 0 fully saturated rings. The van der Waals surface area contributed by atoms with E-state index in [-0.39, 0.29) is 23.8 Å². The molecule has 1 aromatic carbocycles. The van der Waals surface area contributed by atoms with Gasteiger partial charge in [-0.3, -0.25) is 9.59 Å². The molecule has 0 saturated heterocycles. The summed E-state index contributed by atoms with van der Waals surface area (Å²) >= 11 is 1.38. The van der Waals surface area contributed by atoms with E-state index >= 15 is 0 Å². The first-order valence-corrected chi connectivity index (χ1v) is 8.63. The van der Waals surface area contributed by atoms with Crippen LogP contribution in [0.5, 0.6) is 0 Å². The number of nitrogens with one attached hydrogen (secondary N) is 2. The second kappa shape index (κ2) is 8.08. The molecule has 1 heterocycles. The normalized spacial score (nSPS) is 11.1. The monoisotopic (exact) mass is 346 g/mol. The van der Waals surface area contributed by atoms with Crippen molar-refractivity contribution in [3.8, 4) is 0 Å². The molecule has 0 saturated carbocycles. The second-order valence-corrected chi connectivity index (χ2v) is 7.28. The maximum absolute atomic E-state index is 12.2. The van der Waals surface area contributed by atoms with Crippen LogP contribution in [0.25, 0.3) is 0 Å². The van der Waals surface area contributed by atoms with E-state index in [1.54, 1.807) is 30.3 Å². The van der Waals surface area contributed by atoms with Gasteiger partial charge in [0.2, 0.25) is 0 Å². The van der Waals surface area contributed by atoms with Crippen molar-refractivity contribution in [2.75, 3.05) is 18.5 Å². The minimum atomic E-state index is -0.169. The summed E-state index contributed by atoms with van der Waals surface area (Å²) in [6.45, 7) is 4.57. The molecule has 2 aromatic rings. The van der Waals surface area contributed by atoms with E-state index in [0.717, 1.165) is 0 Å². The summed E-state index contributed by atoms with van der Waals surface area (Å²) in [6.07, 6.45) is 0.626. The van der Waals surface area contributed by atoms with E-state index < -0.39 is 0 Å². The Hall–Kier alpha value is -2.18. The Bertz CT molecular complexity index is 679. The van der Waals surface area contributed by atoms with Crippen molar-refractivity contribution in [3.05, 3.63) is 52.2 Å². The van der Waals surface area contributed by atoms with Crippen molar-refractivity contribution in [1.82, 2.24) is 5.32 Å². The van der Waals surface area contributed by atoms with Crippen LogP contribution in [0.3, 0.4) is 0 Å². The Labute approximate surface area is 145 Å². The van der Waals surface area contributed by atoms with Gasteiger partial charge in [-0.2, -0.15) is 0 Å². The van der Waals surface area contributed by atoms with Crippen LogP contribution >= 0.6 is 11.3 Å². The van der Waals surface area contributed by atoms with Crippen LogP contribution in [0, 0.1) is 5.41 Å². The molecule has 0 aliphatic carbocycles. The van der Waals surface area contributed by atoms with Gasteiger partial charge in [0.15, 0.2) is 0 Å². The topological polar surface area (TPSA) is 78.4 Å². The number of amides is 2. The third kappa shape index (κ3) is 5.18. The Morgan fingerprint density at radius 3 is 2.42 bits per heavy atom. The zero-order valence-corrected chi connectivity index (χ0v) is 14.7. The molecule has 0 unspecified atom stereocenters. The number of hydrogen-bond acceptors (Lipinski definition) is 4. The summed E-state index contributed by atoms with van der Waals surface area (Å²) in [4.78, 5) is 24.8. The highest BCUT2D eigenvalue weighted by molar-refractivity contribution is 7.12. The first-order valence-electron chi connectivity index (χ1n) is 7.75. The van der Waals surface area contributed by atoms with E-state index in [9.17, 15) is 9.59 Å². The zero-order valence-electron chi connectivity index (χ0n) is 13.8. The van der Waals surface area contributed by atoms with E-state index in [1.807, 2.05) is 25.3 Å². The molecular formula is C18H22N2O3S. The summed E-state index contributed by atoms with van der Waals surface area (Å²) < 4.78 is 0. The number of thiophene rings is 1. The molecule has 2 rings (SSSR count). The highest BCUT2D eigenvalue weighted by atomic mass is 32.1. The summed E-state index contributed by atoms with van der Waals surface area (Å²) in [5, 5.41) is 16.5. The maximum atomic E-state index is 12.2. The minimum absolute atomic E-state index is 0.0987. The fraction of sp³-hybridized carbons (Fsp3) is 0.333. The first kappa shape index (κ1) is 18.2. The molecule has 5 nitrogen and oxygen atoms in total. The summed E-state index contributed by atoms with van der Waals surface area (Å²) in [5.41, 5.74) is 1.02. The van der Waals surface area contributed by atoms with Crippen LogP contribution in [-0.2, 0) is 0 Å². The molecule has 1 aromatic heterocycles. The van der Waals surface area contributed by atoms with Crippen LogP contribution in [0.15, 0.2) is 41.8 Å². The van der Waals surface area contributed by atoms with Gasteiger partial charge in [-0.05, 0) is 47.5 Å². The molecule has 0 bridgehead atoms. The van der Waals surface area contributed by atoms with Crippen molar-refractivity contribution in [1.29, 1.82) is 0 Å². The number of carbonyl (C=O) groups is 2. The molecule has 0 aliphatic heterocycles. The average molecular weight is 346 g/mol. The fourth-order valence-corrected chi connectivity index (χ4v) is 2.74. The van der Waals surface area contributed by atoms with Crippen LogP contribution in [-0.4, -0.2) is 30.1 Å². The van der Waals surface area contributed by atoms with Crippen LogP contribution < -0.4 is 10.6 Å². The Kier molecular flexibility index (Phi) is 6.11. The summed E-state index contributed by atoms with van der Waals surface area (Å²) in [6, 6.07) is 10.4. The number of carbonyl (C=O) groups excluding carboxylic acids is 2. The van der Waals surface area contributed by atoms with Crippen molar-refractivity contribution in [3.63, 3.8) is 0 Å². The molecule has 0 spiro atoms. The van der Waals surface area contributed by atoms with Gasteiger partial charge in [-0.15, -0.1) is 11.3 Å². The third-order valence-corrected chi connectivity index (χ3v) is 4.53. The highest BCUT2D eigenvalue weighted by Gasteiger charge is 2.18. The van der Waals surface area contributed by atoms with E-state index in [1.165, 1.54) is 11.3 Å². The number of aliphatic hydroxyl groups excluding tert-OH is 1. The lowest BCUT2D eigenvalue weighted by Gasteiger charge is -2.23. The average Bonchev–Trinajstić information content (AvgIpc) is 3.08. The molecule has 2 amide bonds. The minimum Gasteiger partial charge on any atom is -0.396 e. The Morgan fingerprint density at radius 2 is 1.83 bits per heavy atom. The summed E-state index contributed by atoms with van der Waals surface area (Å²) in [7, 11) is 0. The van der Waals surface area contributed by atoms with E-state index in [0.29, 0.717) is 29.1 Å². The lowest BCUT2D eigenvalue weighted by Crippen LogP contribution is -2.34. The van der Waals surface area contributed by atoms with Gasteiger partial charge in [0.1, 0.15) is 0 Å². The lowest BCUT2D eigenvalue weighted by atomic mass is 9.89. The smallest absolute Gasteiger partial charge is 0.265 e. The predicted octanol–water partition coefficient (Wildman–Crippen LogP) is 3.14. The molecule has 0 radical (unpaired) electrons. The molecule has 24 heavy (non-hydrogen) atoms. The quantitative estimate of drug-likeness (QED) is 0.721. The first-order chi connectivity index (χ1) is 11.4. The standard InChI is InChI=1S/C18H22N2O3S/c1-18(2,9-10-21)12-19-16(22)13-5-7-14(8-6-13)20-17(23)15-4-3-11-24-15/h3-8,11,21H,9-10,12H2,1-2H3,(H,19,22)(H,20,23). The van der Waals surface area contributed by atoms with Gasteiger partial charge in [-0.1, -0.05) is 19.9 Å². The van der Waals surface area contributed by atoms with Crippen molar-refractivity contribution in [2.45, 2.75) is 20.3 Å². The second-order valence-electron chi connectivity index (χ2n) is 6.33. The Morgan fingerprint density at radius 1 is 1.12 bits per heavy atom. The zero-order chi connectivity index (χ0) is 17.6. The maximum Gasteiger partial charge on any atom is 0.265 e. The molecule has 128 valence electrons. The highest BCUT2D eigenvalue weighted by Crippen LogP contribution is 2.18. The fourth-order valence-electron chi connectivity index (χ4n) is 2.12. The van der Waals surface area contributed by atoms with Gasteiger partial charge in [-0.25, -0.2) is 0 Å². The lowest BCUT2D eigenvalue weighted by molar-refractivity contribution is 0.0928. The van der Waals surface area contributed by atoms with Crippen molar-refractivity contribution in [2.24, 2.45) is 5.41 Å². The number of benzene rings is 1. The predicted molar refractivity (Wildman–Crippen MR) is 96.5 cm³/mol. The Balaban J connectivity index is 1.91. The third-order valence-electron chi connectivity index (χ3n) is 3.67. The molecule has 0 atom stereocenters. The van der Waals surface area contributed by atoms with Crippen LogP contribution in [0.2, 0.25) is 0 Å². The van der Waals surface area contributed by atoms with Gasteiger partial charge in [0, 0.05) is 24.4 Å². The molecular weight excluding hydrogens is 324 g/mol. The van der Waals surface area contributed by atoms with Gasteiger partial charge < -0.3 is 15.7 Å². The van der Waals surface area contributed by atoms with Gasteiger partial charge in [0.25, 0.3) is 11.8 Å². The molecule has 6 heteroatoms. The van der Waals surface area contributed by atoms with Crippen molar-refractivity contribution >= 4 is 28.8 Å². The van der Waals surface area contributed by atoms with E-state index in [4.69, 9.17) is 5.11 Å². The SMILES string of the molecule is CC(C)(CCO)CNC(=O)c1ccc(NC(=O)c2cccs2)cc1. The van der Waals surface area contributed by atoms with Gasteiger partial charge in [0.05, 0.1) is 4.88 Å². The van der Waals surface area contributed by atoms with Crippen LogP contribution in [0.4, 0.5) is 5.69 Å². The van der Waals surface area contributed by atoms with Gasteiger partial charge >= 0.3 is 0 Å².